The maximum atomic E-state index is 13.0. The Morgan fingerprint density at radius 2 is 2.11 bits per heavy atom. The Morgan fingerprint density at radius 3 is 2.78 bits per heavy atom. The standard InChI is InChI=1S/C13H11FN4/c14-11-4-1-3-10(9-11)12-5-6-13(18-17-12)16-8-2-7-15/h1,3-6,9H,2,8H2,(H,16,18). The summed E-state index contributed by atoms with van der Waals surface area (Å²) in [5.74, 6) is 0.302. The molecule has 0 amide bonds. The van der Waals surface area contributed by atoms with Crippen molar-refractivity contribution in [2.24, 2.45) is 0 Å². The molecule has 1 N–H and O–H groups in total. The van der Waals surface area contributed by atoms with Crippen LogP contribution in [0.5, 0.6) is 0 Å². The molecule has 0 fully saturated rings. The number of nitrogens with zero attached hydrogens (tertiary/aromatic N) is 3. The molecule has 18 heavy (non-hydrogen) atoms. The summed E-state index contributed by atoms with van der Waals surface area (Å²) in [6.07, 6.45) is 0.410. The highest BCUT2D eigenvalue weighted by Gasteiger charge is 2.02. The number of halogens is 1. The fourth-order valence-corrected chi connectivity index (χ4v) is 1.47. The highest BCUT2D eigenvalue weighted by molar-refractivity contribution is 5.59. The van der Waals surface area contributed by atoms with Gasteiger partial charge in [-0.15, -0.1) is 10.2 Å². The van der Waals surface area contributed by atoms with Crippen LogP contribution >= 0.6 is 0 Å². The van der Waals surface area contributed by atoms with E-state index in [9.17, 15) is 4.39 Å². The Morgan fingerprint density at radius 1 is 1.22 bits per heavy atom. The first kappa shape index (κ1) is 12.0. The fourth-order valence-electron chi connectivity index (χ4n) is 1.47. The molecule has 1 aromatic heterocycles. The topological polar surface area (TPSA) is 61.6 Å². The molecule has 0 aliphatic rings. The molecule has 1 heterocycles. The summed E-state index contributed by atoms with van der Waals surface area (Å²) in [6, 6.07) is 11.7. The molecule has 0 aliphatic heterocycles. The number of nitriles is 1. The van der Waals surface area contributed by atoms with Gasteiger partial charge in [-0.2, -0.15) is 5.26 Å². The highest BCUT2D eigenvalue weighted by atomic mass is 19.1. The van der Waals surface area contributed by atoms with E-state index < -0.39 is 0 Å². The molecule has 0 saturated carbocycles. The second-order valence-electron chi connectivity index (χ2n) is 3.65. The molecular formula is C13H11FN4. The van der Waals surface area contributed by atoms with Gasteiger partial charge < -0.3 is 5.32 Å². The lowest BCUT2D eigenvalue weighted by atomic mass is 10.1. The zero-order chi connectivity index (χ0) is 12.8. The van der Waals surface area contributed by atoms with Crippen molar-refractivity contribution in [2.75, 3.05) is 11.9 Å². The molecule has 0 spiro atoms. The number of benzene rings is 1. The maximum Gasteiger partial charge on any atom is 0.148 e. The van der Waals surface area contributed by atoms with E-state index in [1.54, 1.807) is 24.3 Å². The summed E-state index contributed by atoms with van der Waals surface area (Å²) in [6.45, 7) is 0.532. The molecule has 2 rings (SSSR count). The van der Waals surface area contributed by atoms with E-state index in [4.69, 9.17) is 5.26 Å². The number of anilines is 1. The van der Waals surface area contributed by atoms with Crippen LogP contribution in [0.4, 0.5) is 10.2 Å². The van der Waals surface area contributed by atoms with Crippen LogP contribution in [0.15, 0.2) is 36.4 Å². The van der Waals surface area contributed by atoms with E-state index in [0.29, 0.717) is 30.0 Å². The third kappa shape index (κ3) is 3.01. The van der Waals surface area contributed by atoms with Crippen LogP contribution in [0, 0.1) is 17.1 Å². The predicted octanol–water partition coefficient (Wildman–Crippen LogP) is 2.61. The van der Waals surface area contributed by atoms with E-state index in [0.717, 1.165) is 0 Å². The van der Waals surface area contributed by atoms with E-state index in [1.807, 2.05) is 6.07 Å². The van der Waals surface area contributed by atoms with E-state index >= 15 is 0 Å². The van der Waals surface area contributed by atoms with Gasteiger partial charge in [-0.25, -0.2) is 4.39 Å². The molecular weight excluding hydrogens is 231 g/mol. The molecule has 4 nitrogen and oxygen atoms in total. The molecule has 0 unspecified atom stereocenters. The van der Waals surface area contributed by atoms with Crippen molar-refractivity contribution in [3.63, 3.8) is 0 Å². The van der Waals surface area contributed by atoms with Gasteiger partial charge in [0, 0.05) is 12.1 Å². The van der Waals surface area contributed by atoms with Crippen LogP contribution in [0.2, 0.25) is 0 Å². The van der Waals surface area contributed by atoms with Crippen LogP contribution in [-0.2, 0) is 0 Å². The normalized spacial score (nSPS) is 9.78. The number of hydrogen-bond donors (Lipinski definition) is 1. The van der Waals surface area contributed by atoms with Crippen molar-refractivity contribution >= 4 is 5.82 Å². The van der Waals surface area contributed by atoms with Crippen LogP contribution in [0.1, 0.15) is 6.42 Å². The van der Waals surface area contributed by atoms with Gasteiger partial charge in [0.15, 0.2) is 0 Å². The SMILES string of the molecule is N#CCCNc1ccc(-c2cccc(F)c2)nn1. The molecule has 0 aliphatic carbocycles. The maximum absolute atomic E-state index is 13.0. The molecule has 2 aromatic rings. The average Bonchev–Trinajstić information content (AvgIpc) is 2.40. The van der Waals surface area contributed by atoms with Gasteiger partial charge in [0.05, 0.1) is 18.2 Å². The second-order valence-corrected chi connectivity index (χ2v) is 3.65. The number of hydrogen-bond acceptors (Lipinski definition) is 4. The van der Waals surface area contributed by atoms with E-state index in [2.05, 4.69) is 15.5 Å². The van der Waals surface area contributed by atoms with Crippen molar-refractivity contribution in [3.8, 4) is 17.3 Å². The van der Waals surface area contributed by atoms with Crippen LogP contribution in [0.25, 0.3) is 11.3 Å². The van der Waals surface area contributed by atoms with Gasteiger partial charge >= 0.3 is 0 Å². The molecule has 1 aromatic carbocycles. The minimum Gasteiger partial charge on any atom is -0.368 e. The van der Waals surface area contributed by atoms with E-state index in [1.165, 1.54) is 12.1 Å². The van der Waals surface area contributed by atoms with Gasteiger partial charge in [-0.3, -0.25) is 0 Å². The van der Waals surface area contributed by atoms with Crippen molar-refractivity contribution in [2.45, 2.75) is 6.42 Å². The number of aromatic nitrogens is 2. The first-order valence-corrected chi connectivity index (χ1v) is 5.50. The van der Waals surface area contributed by atoms with Gasteiger partial charge in [0.25, 0.3) is 0 Å². The third-order valence-corrected chi connectivity index (χ3v) is 2.33. The second kappa shape index (κ2) is 5.73. The van der Waals surface area contributed by atoms with Gasteiger partial charge in [0.1, 0.15) is 11.6 Å². The lowest BCUT2D eigenvalue weighted by Gasteiger charge is -2.03. The first-order valence-electron chi connectivity index (χ1n) is 5.50. The van der Waals surface area contributed by atoms with Gasteiger partial charge in [-0.1, -0.05) is 12.1 Å². The van der Waals surface area contributed by atoms with Crippen LogP contribution in [-0.4, -0.2) is 16.7 Å². The Kier molecular flexibility index (Phi) is 3.82. The molecule has 0 bridgehead atoms. The highest BCUT2D eigenvalue weighted by Crippen LogP contribution is 2.17. The van der Waals surface area contributed by atoms with Gasteiger partial charge in [-0.05, 0) is 24.3 Å². The summed E-state index contributed by atoms with van der Waals surface area (Å²) >= 11 is 0. The lowest BCUT2D eigenvalue weighted by Crippen LogP contribution is -2.03. The Balaban J connectivity index is 2.10. The lowest BCUT2D eigenvalue weighted by molar-refractivity contribution is 0.628. The summed E-state index contributed by atoms with van der Waals surface area (Å²) in [5.41, 5.74) is 1.30. The predicted molar refractivity (Wildman–Crippen MR) is 66.1 cm³/mol. The monoisotopic (exact) mass is 242 g/mol. The first-order chi connectivity index (χ1) is 8.79. The largest absolute Gasteiger partial charge is 0.368 e. The van der Waals surface area contributed by atoms with Crippen LogP contribution < -0.4 is 5.32 Å². The number of nitrogens with one attached hydrogen (secondary N) is 1. The van der Waals surface area contributed by atoms with Crippen LogP contribution in [0.3, 0.4) is 0 Å². The fraction of sp³-hybridized carbons (Fsp3) is 0.154. The zero-order valence-corrected chi connectivity index (χ0v) is 9.60. The Labute approximate surface area is 104 Å². The summed E-state index contributed by atoms with van der Waals surface area (Å²) in [4.78, 5) is 0. The van der Waals surface area contributed by atoms with Crippen molar-refractivity contribution < 1.29 is 4.39 Å². The Hall–Kier alpha value is -2.48. The Bertz CT molecular complexity index is 560. The van der Waals surface area contributed by atoms with Crippen molar-refractivity contribution in [3.05, 3.63) is 42.2 Å². The summed E-state index contributed by atoms with van der Waals surface area (Å²) in [5, 5.41) is 19.3. The molecule has 0 radical (unpaired) electrons. The molecule has 90 valence electrons. The molecule has 0 saturated heterocycles. The van der Waals surface area contributed by atoms with Gasteiger partial charge in [0.2, 0.25) is 0 Å². The number of rotatable bonds is 4. The summed E-state index contributed by atoms with van der Waals surface area (Å²) in [7, 11) is 0. The minimum atomic E-state index is -0.300. The smallest absolute Gasteiger partial charge is 0.148 e. The minimum absolute atomic E-state index is 0.300. The van der Waals surface area contributed by atoms with Crippen molar-refractivity contribution in [1.29, 1.82) is 5.26 Å². The molecule has 0 atom stereocenters. The van der Waals surface area contributed by atoms with E-state index in [-0.39, 0.29) is 5.82 Å². The van der Waals surface area contributed by atoms with Crippen molar-refractivity contribution in [1.82, 2.24) is 10.2 Å². The summed E-state index contributed by atoms with van der Waals surface area (Å²) < 4.78 is 13.0. The third-order valence-electron chi connectivity index (χ3n) is 2.33. The zero-order valence-electron chi connectivity index (χ0n) is 9.60. The quantitative estimate of drug-likeness (QED) is 0.837. The molecule has 5 heteroatoms. The average molecular weight is 242 g/mol.